The van der Waals surface area contributed by atoms with Gasteiger partial charge in [0, 0.05) is 11.5 Å². The summed E-state index contributed by atoms with van der Waals surface area (Å²) in [5.41, 5.74) is 2.90. The van der Waals surface area contributed by atoms with Crippen molar-refractivity contribution in [2.75, 3.05) is 0 Å². The molecule has 5 aliphatic carbocycles. The molecule has 1 radical (unpaired) electrons. The molecule has 0 amide bonds. The van der Waals surface area contributed by atoms with Crippen molar-refractivity contribution in [1.82, 2.24) is 0 Å². The molecule has 119 valence electrons. The molecular formula is C22H25O. The predicted molar refractivity (Wildman–Crippen MR) is 92.3 cm³/mol. The summed E-state index contributed by atoms with van der Waals surface area (Å²) in [5, 5.41) is 10.7. The fourth-order valence-corrected chi connectivity index (χ4v) is 6.41. The van der Waals surface area contributed by atoms with Crippen LogP contribution in [0.3, 0.4) is 0 Å². The van der Waals surface area contributed by atoms with Gasteiger partial charge >= 0.3 is 0 Å². The summed E-state index contributed by atoms with van der Waals surface area (Å²) in [6.45, 7) is 0. The summed E-state index contributed by atoms with van der Waals surface area (Å²) in [7, 11) is 0. The maximum Gasteiger partial charge on any atom is 0.119 e. The minimum absolute atomic E-state index is 0.273. The van der Waals surface area contributed by atoms with Crippen LogP contribution in [0.4, 0.5) is 0 Å². The van der Waals surface area contributed by atoms with E-state index in [4.69, 9.17) is 0 Å². The third-order valence-corrected chi connectivity index (χ3v) is 6.97. The van der Waals surface area contributed by atoms with Crippen LogP contribution in [0, 0.1) is 23.8 Å². The lowest BCUT2D eigenvalue weighted by molar-refractivity contribution is -0.00617. The van der Waals surface area contributed by atoms with Crippen LogP contribution in [0.5, 0.6) is 5.75 Å². The lowest BCUT2D eigenvalue weighted by atomic mass is 9.48. The first-order valence-electron chi connectivity index (χ1n) is 9.30. The van der Waals surface area contributed by atoms with E-state index in [2.05, 4.69) is 30.4 Å². The number of hydrogen-bond donors (Lipinski definition) is 1. The molecule has 0 spiro atoms. The van der Waals surface area contributed by atoms with Gasteiger partial charge < -0.3 is 5.11 Å². The van der Waals surface area contributed by atoms with Crippen LogP contribution < -0.4 is 0 Å². The van der Waals surface area contributed by atoms with Crippen molar-refractivity contribution in [3.63, 3.8) is 0 Å². The second kappa shape index (κ2) is 5.00. The number of rotatable bonds is 2. The monoisotopic (exact) mass is 305 g/mol. The normalized spacial score (nSPS) is 40.7. The number of allylic oxidation sites excluding steroid dienone is 4. The zero-order valence-electron chi connectivity index (χ0n) is 13.7. The van der Waals surface area contributed by atoms with Crippen LogP contribution in [0.25, 0.3) is 0 Å². The summed E-state index contributed by atoms with van der Waals surface area (Å²) >= 11 is 0. The second-order valence-electron chi connectivity index (χ2n) is 8.55. The van der Waals surface area contributed by atoms with Crippen LogP contribution in [0.15, 0.2) is 36.4 Å². The standard InChI is InChI=1S/C22H25O/c23-21-7-6-19(18-4-2-1-3-5-18)11-20(21)22-12-15-8-16(13-22)10-17(9-15)14-22/h2-4,6-7,11,15-18,23H,5,8-10,12-14H2. The Kier molecular flexibility index (Phi) is 3.02. The summed E-state index contributed by atoms with van der Waals surface area (Å²) < 4.78 is 0. The molecular weight excluding hydrogens is 280 g/mol. The highest BCUT2D eigenvalue weighted by molar-refractivity contribution is 5.45. The number of hydrogen-bond acceptors (Lipinski definition) is 1. The van der Waals surface area contributed by atoms with Gasteiger partial charge in [0.1, 0.15) is 5.75 Å². The molecule has 23 heavy (non-hydrogen) atoms. The first-order chi connectivity index (χ1) is 11.2. The number of phenolic OH excluding ortho intramolecular Hbond substituents is 1. The molecule has 1 aromatic carbocycles. The molecule has 1 aromatic rings. The SMILES string of the molecule is Oc1ccc(C2C=C[C]=CC2)cc1C12CC3CC(CC(C3)C1)C2. The molecule has 0 heterocycles. The maximum atomic E-state index is 10.7. The minimum Gasteiger partial charge on any atom is -0.508 e. The highest BCUT2D eigenvalue weighted by atomic mass is 16.3. The summed E-state index contributed by atoms with van der Waals surface area (Å²) in [5.74, 6) is 3.73. The van der Waals surface area contributed by atoms with Crippen molar-refractivity contribution in [2.24, 2.45) is 17.8 Å². The van der Waals surface area contributed by atoms with Crippen LogP contribution in [-0.2, 0) is 5.41 Å². The van der Waals surface area contributed by atoms with Gasteiger partial charge in [-0.25, -0.2) is 0 Å². The number of aromatic hydroxyl groups is 1. The number of phenols is 1. The van der Waals surface area contributed by atoms with Gasteiger partial charge in [0.2, 0.25) is 0 Å². The topological polar surface area (TPSA) is 20.2 Å². The maximum absolute atomic E-state index is 10.7. The van der Waals surface area contributed by atoms with E-state index in [-0.39, 0.29) is 5.41 Å². The molecule has 1 N–H and O–H groups in total. The summed E-state index contributed by atoms with van der Waals surface area (Å²) in [4.78, 5) is 0. The molecule has 1 heteroatoms. The summed E-state index contributed by atoms with van der Waals surface area (Å²) in [6, 6.07) is 6.42. The number of benzene rings is 1. The van der Waals surface area contributed by atoms with Crippen LogP contribution in [0.1, 0.15) is 62.0 Å². The Balaban J connectivity index is 1.55. The van der Waals surface area contributed by atoms with Crippen LogP contribution in [-0.4, -0.2) is 5.11 Å². The highest BCUT2D eigenvalue weighted by Crippen LogP contribution is 2.62. The van der Waals surface area contributed by atoms with E-state index in [1.165, 1.54) is 49.7 Å². The smallest absolute Gasteiger partial charge is 0.119 e. The van der Waals surface area contributed by atoms with Crippen molar-refractivity contribution in [3.05, 3.63) is 53.6 Å². The first-order valence-corrected chi connectivity index (χ1v) is 9.30. The molecule has 1 atom stereocenters. The van der Waals surface area contributed by atoms with Gasteiger partial charge in [-0.05, 0) is 85.8 Å². The third-order valence-electron chi connectivity index (χ3n) is 6.97. The lowest BCUT2D eigenvalue weighted by Gasteiger charge is -2.57. The third kappa shape index (κ3) is 2.20. The average molecular weight is 305 g/mol. The quantitative estimate of drug-likeness (QED) is 0.790. The largest absolute Gasteiger partial charge is 0.508 e. The zero-order chi connectivity index (χ0) is 15.4. The van der Waals surface area contributed by atoms with E-state index in [9.17, 15) is 5.11 Å². The lowest BCUT2D eigenvalue weighted by Crippen LogP contribution is -2.48. The Hall–Kier alpha value is -1.50. The van der Waals surface area contributed by atoms with Crippen molar-refractivity contribution >= 4 is 0 Å². The Bertz CT molecular complexity index is 646. The van der Waals surface area contributed by atoms with E-state index >= 15 is 0 Å². The molecule has 4 fully saturated rings. The molecule has 0 aliphatic heterocycles. The predicted octanol–water partition coefficient (Wildman–Crippen LogP) is 5.26. The van der Waals surface area contributed by atoms with Gasteiger partial charge in [-0.1, -0.05) is 30.4 Å². The van der Waals surface area contributed by atoms with Gasteiger partial charge in [-0.3, -0.25) is 0 Å². The summed E-state index contributed by atoms with van der Waals surface area (Å²) in [6.07, 6.45) is 18.9. The Morgan fingerprint density at radius 1 is 1.00 bits per heavy atom. The van der Waals surface area contributed by atoms with Crippen molar-refractivity contribution < 1.29 is 5.11 Å². The minimum atomic E-state index is 0.273. The molecule has 5 aliphatic rings. The molecule has 4 saturated carbocycles. The highest BCUT2D eigenvalue weighted by Gasteiger charge is 2.52. The molecule has 0 saturated heterocycles. The van der Waals surface area contributed by atoms with Gasteiger partial charge in [-0.15, -0.1) is 0 Å². The Labute approximate surface area is 139 Å². The Morgan fingerprint density at radius 3 is 2.30 bits per heavy atom. The fraction of sp³-hybridized carbons (Fsp3) is 0.545. The van der Waals surface area contributed by atoms with Crippen molar-refractivity contribution in [3.8, 4) is 5.75 Å². The van der Waals surface area contributed by atoms with Crippen LogP contribution >= 0.6 is 0 Å². The van der Waals surface area contributed by atoms with E-state index < -0.39 is 0 Å². The average Bonchev–Trinajstić information content (AvgIpc) is 2.55. The van der Waals surface area contributed by atoms with Gasteiger partial charge in [0.05, 0.1) is 0 Å². The van der Waals surface area contributed by atoms with Crippen LogP contribution in [0.2, 0.25) is 0 Å². The molecule has 0 aromatic heterocycles. The first kappa shape index (κ1) is 13.9. The van der Waals surface area contributed by atoms with Gasteiger partial charge in [0.15, 0.2) is 0 Å². The van der Waals surface area contributed by atoms with E-state index in [1.807, 2.05) is 12.1 Å². The Morgan fingerprint density at radius 2 is 1.70 bits per heavy atom. The molecule has 1 nitrogen and oxygen atoms in total. The van der Waals surface area contributed by atoms with Gasteiger partial charge in [0.25, 0.3) is 0 Å². The van der Waals surface area contributed by atoms with E-state index in [0.29, 0.717) is 11.7 Å². The van der Waals surface area contributed by atoms with Crippen molar-refractivity contribution in [1.29, 1.82) is 0 Å². The van der Waals surface area contributed by atoms with E-state index in [1.54, 1.807) is 0 Å². The second-order valence-corrected chi connectivity index (χ2v) is 8.55. The zero-order valence-corrected chi connectivity index (χ0v) is 13.7. The van der Waals surface area contributed by atoms with Crippen molar-refractivity contribution in [2.45, 2.75) is 56.3 Å². The molecule has 4 bridgehead atoms. The fourth-order valence-electron chi connectivity index (χ4n) is 6.41. The van der Waals surface area contributed by atoms with Gasteiger partial charge in [-0.2, -0.15) is 0 Å². The molecule has 6 rings (SSSR count). The molecule has 1 unspecified atom stereocenters. The van der Waals surface area contributed by atoms with E-state index in [0.717, 1.165) is 24.2 Å².